The van der Waals surface area contributed by atoms with Crippen LogP contribution in [0.15, 0.2) is 174 Å². The zero-order chi connectivity index (χ0) is 34.4. The van der Waals surface area contributed by atoms with Crippen LogP contribution in [0.25, 0.3) is 71.7 Å². The van der Waals surface area contributed by atoms with Gasteiger partial charge in [-0.3, -0.25) is 0 Å². The minimum absolute atomic E-state index is 0.0183. The van der Waals surface area contributed by atoms with Crippen LogP contribution in [0.4, 0.5) is 28.4 Å². The van der Waals surface area contributed by atoms with Crippen LogP contribution in [0.3, 0.4) is 0 Å². The molecule has 8 aromatic carbocycles. The van der Waals surface area contributed by atoms with Crippen LogP contribution in [-0.4, -0.2) is 11.4 Å². The topological polar surface area (TPSA) is 24.6 Å². The van der Waals surface area contributed by atoms with Crippen LogP contribution in [0, 0.1) is 0 Å². The molecular weight excluding hydrogens is 645 g/mol. The van der Waals surface area contributed by atoms with Crippen molar-refractivity contribution >= 4 is 90.0 Å². The molecule has 0 amide bonds. The Morgan fingerprint density at radius 1 is 0.396 bits per heavy atom. The second-order valence-electron chi connectivity index (χ2n) is 14.4. The van der Waals surface area contributed by atoms with Gasteiger partial charge in [0.05, 0.1) is 11.0 Å². The summed E-state index contributed by atoms with van der Waals surface area (Å²) in [5, 5.41) is 4.83. The van der Waals surface area contributed by atoms with Crippen LogP contribution in [0.5, 0.6) is 0 Å². The molecule has 53 heavy (non-hydrogen) atoms. The molecule has 0 atom stereocenters. The predicted octanol–water partition coefficient (Wildman–Crippen LogP) is 11.4. The number of fused-ring (bicyclic) bond motifs is 13. The number of para-hydroxylation sites is 4. The second kappa shape index (κ2) is 9.87. The fraction of sp³-hybridized carbons (Fsp3) is 0. The van der Waals surface area contributed by atoms with Crippen molar-refractivity contribution < 1.29 is 4.42 Å². The number of nitrogens with zero attached hydrogens (tertiary/aromatic N) is 3. The Hall–Kier alpha value is -6.98. The van der Waals surface area contributed by atoms with Crippen LogP contribution < -0.4 is 20.6 Å². The van der Waals surface area contributed by atoms with Crippen molar-refractivity contribution in [3.05, 3.63) is 170 Å². The highest BCUT2D eigenvalue weighted by molar-refractivity contribution is 6.95. The summed E-state index contributed by atoms with van der Waals surface area (Å²) in [5.74, 6) is 0. The molecule has 4 nitrogen and oxygen atoms in total. The zero-order valence-corrected chi connectivity index (χ0v) is 28.5. The summed E-state index contributed by atoms with van der Waals surface area (Å²) >= 11 is 0. The zero-order valence-electron chi connectivity index (χ0n) is 28.5. The minimum Gasteiger partial charge on any atom is -0.455 e. The predicted molar refractivity (Wildman–Crippen MR) is 221 cm³/mol. The van der Waals surface area contributed by atoms with Gasteiger partial charge in [-0.1, -0.05) is 97.1 Å². The van der Waals surface area contributed by atoms with Crippen LogP contribution in [0.2, 0.25) is 0 Å². The Labute approximate surface area is 305 Å². The lowest BCUT2D eigenvalue weighted by atomic mass is 9.41. The van der Waals surface area contributed by atoms with Crippen molar-refractivity contribution in [2.24, 2.45) is 0 Å². The van der Waals surface area contributed by atoms with Crippen LogP contribution >= 0.6 is 0 Å². The first-order chi connectivity index (χ1) is 26.3. The quantitative estimate of drug-likeness (QED) is 0.171. The summed E-state index contributed by atoms with van der Waals surface area (Å²) in [6, 6.07) is 62.1. The molecule has 244 valence electrons. The minimum atomic E-state index is 0.0183. The van der Waals surface area contributed by atoms with Gasteiger partial charge in [-0.15, -0.1) is 0 Å². The van der Waals surface area contributed by atoms with Gasteiger partial charge in [0, 0.05) is 66.8 Å². The van der Waals surface area contributed by atoms with E-state index in [4.69, 9.17) is 4.42 Å². The molecule has 0 aliphatic carbocycles. The van der Waals surface area contributed by atoms with E-state index >= 15 is 0 Å². The van der Waals surface area contributed by atoms with Gasteiger partial charge in [0.1, 0.15) is 11.2 Å². The van der Waals surface area contributed by atoms with Crippen molar-refractivity contribution in [1.29, 1.82) is 0 Å². The number of hydrogen-bond acceptors (Lipinski definition) is 3. The van der Waals surface area contributed by atoms with E-state index in [1.807, 2.05) is 0 Å². The largest absolute Gasteiger partial charge is 0.455 e. The first-order valence-electron chi connectivity index (χ1n) is 18.3. The molecule has 0 saturated carbocycles. The van der Waals surface area contributed by atoms with Crippen molar-refractivity contribution in [2.45, 2.75) is 0 Å². The number of aromatic nitrogens is 1. The van der Waals surface area contributed by atoms with Gasteiger partial charge in [-0.2, -0.15) is 0 Å². The molecule has 10 aromatic rings. The van der Waals surface area contributed by atoms with E-state index in [9.17, 15) is 0 Å². The SMILES string of the molecule is c1ccc2c(c1)-c1cccc3c1B1c4c(cccc4N3c3ccc(-n4c5ccccc5c5ccccc54)cc3)-c3c(ccc4c3oc3ccccc34)N12. The van der Waals surface area contributed by atoms with E-state index in [-0.39, 0.29) is 6.85 Å². The Morgan fingerprint density at radius 2 is 0.981 bits per heavy atom. The van der Waals surface area contributed by atoms with Gasteiger partial charge in [0.15, 0.2) is 0 Å². The van der Waals surface area contributed by atoms with E-state index in [1.165, 1.54) is 72.2 Å². The Morgan fingerprint density at radius 3 is 1.75 bits per heavy atom. The summed E-state index contributed by atoms with van der Waals surface area (Å²) in [6.07, 6.45) is 0. The molecule has 0 unspecified atom stereocenters. The monoisotopic (exact) mass is 673 g/mol. The summed E-state index contributed by atoms with van der Waals surface area (Å²) < 4.78 is 9.17. The van der Waals surface area contributed by atoms with Gasteiger partial charge < -0.3 is 18.7 Å². The fourth-order valence-electron chi connectivity index (χ4n) is 9.84. The number of hydrogen-bond donors (Lipinski definition) is 0. The molecule has 0 radical (unpaired) electrons. The van der Waals surface area contributed by atoms with E-state index in [1.54, 1.807) is 0 Å². The highest BCUT2D eigenvalue weighted by Crippen LogP contribution is 2.53. The van der Waals surface area contributed by atoms with E-state index < -0.39 is 0 Å². The average molecular weight is 674 g/mol. The lowest BCUT2D eigenvalue weighted by Gasteiger charge is -2.49. The number of rotatable bonds is 2. The molecule has 0 fully saturated rings. The maximum absolute atomic E-state index is 6.78. The third-order valence-corrected chi connectivity index (χ3v) is 11.9. The van der Waals surface area contributed by atoms with Gasteiger partial charge in [-0.05, 0) is 94.8 Å². The highest BCUT2D eigenvalue weighted by atomic mass is 16.3. The van der Waals surface area contributed by atoms with Gasteiger partial charge in [0.2, 0.25) is 0 Å². The van der Waals surface area contributed by atoms with Crippen molar-refractivity contribution in [3.63, 3.8) is 0 Å². The molecule has 0 saturated heterocycles. The van der Waals surface area contributed by atoms with E-state index in [0.29, 0.717) is 0 Å². The molecule has 2 aromatic heterocycles. The first-order valence-corrected chi connectivity index (χ1v) is 18.3. The molecule has 0 N–H and O–H groups in total. The summed E-state index contributed by atoms with van der Waals surface area (Å²) in [7, 11) is 0. The number of anilines is 5. The van der Waals surface area contributed by atoms with Crippen LogP contribution in [0.1, 0.15) is 0 Å². The van der Waals surface area contributed by atoms with Crippen LogP contribution in [-0.2, 0) is 0 Å². The standard InChI is InChI=1S/C48H28BN3O/c1-5-17-38-31(11-1)32-12-2-6-18-39(32)50(38)29-23-25-30(26-24-29)51-42-20-9-15-35-33-13-3-7-19-40(33)52-41-28-27-36-34-14-4-8-22-44(34)53-48(36)45(41)37-16-10-21-43(51)47(37)49(52)46(35)42/h1-28H. The maximum Gasteiger partial charge on any atom is 0.333 e. The van der Waals surface area contributed by atoms with Crippen molar-refractivity contribution in [1.82, 2.24) is 4.57 Å². The summed E-state index contributed by atoms with van der Waals surface area (Å²) in [4.78, 5) is 5.07. The van der Waals surface area contributed by atoms with Crippen molar-refractivity contribution in [3.8, 4) is 27.9 Å². The molecule has 5 heterocycles. The van der Waals surface area contributed by atoms with Gasteiger partial charge >= 0.3 is 6.85 Å². The normalized spacial score (nSPS) is 13.5. The molecule has 5 heteroatoms. The van der Waals surface area contributed by atoms with Gasteiger partial charge in [0.25, 0.3) is 0 Å². The molecule has 0 bridgehead atoms. The fourth-order valence-corrected chi connectivity index (χ4v) is 9.84. The first kappa shape index (κ1) is 27.7. The lowest BCUT2D eigenvalue weighted by molar-refractivity contribution is 0.670. The Balaban J connectivity index is 1.09. The third kappa shape index (κ3) is 3.42. The van der Waals surface area contributed by atoms with E-state index in [2.05, 4.69) is 184 Å². The molecule has 3 aliphatic rings. The Bertz CT molecular complexity index is 3160. The average Bonchev–Trinajstić information content (AvgIpc) is 3.77. The number of benzene rings is 8. The molecule has 0 spiro atoms. The summed E-state index contributed by atoms with van der Waals surface area (Å²) in [5.41, 5.74) is 19.0. The van der Waals surface area contributed by atoms with Gasteiger partial charge in [-0.25, -0.2) is 0 Å². The van der Waals surface area contributed by atoms with Crippen molar-refractivity contribution in [2.75, 3.05) is 9.71 Å². The second-order valence-corrected chi connectivity index (χ2v) is 14.4. The van der Waals surface area contributed by atoms with E-state index in [0.717, 1.165) is 38.9 Å². The molecular formula is C48H28BN3O. The molecule has 13 rings (SSSR count). The third-order valence-electron chi connectivity index (χ3n) is 11.9. The smallest absolute Gasteiger partial charge is 0.333 e. The lowest BCUT2D eigenvalue weighted by Crippen LogP contribution is -2.63. The highest BCUT2D eigenvalue weighted by Gasteiger charge is 2.49. The molecule has 3 aliphatic heterocycles. The summed E-state index contributed by atoms with van der Waals surface area (Å²) in [6.45, 7) is 0.0183. The maximum atomic E-state index is 6.78. The number of furan rings is 1. The Kier molecular flexibility index (Phi) is 5.16.